The Balaban J connectivity index is 1.53. The quantitative estimate of drug-likeness (QED) is 0.364. The monoisotopic (exact) mass is 476 g/mol. The third kappa shape index (κ3) is 5.65. The number of nitrogens with zero attached hydrogens (tertiary/aromatic N) is 1. The van der Waals surface area contributed by atoms with Crippen LogP contribution in [-0.2, 0) is 16.1 Å². The van der Waals surface area contributed by atoms with Crippen LogP contribution in [0.15, 0.2) is 78.6 Å². The highest BCUT2D eigenvalue weighted by Crippen LogP contribution is 2.36. The van der Waals surface area contributed by atoms with Crippen molar-refractivity contribution in [2.75, 3.05) is 25.2 Å². The van der Waals surface area contributed by atoms with Crippen LogP contribution < -0.4 is 15.0 Å². The number of anilines is 1. The smallest absolute Gasteiger partial charge is 0.294 e. The number of methoxy groups -OCH3 is 1. The molecule has 1 aliphatic heterocycles. The van der Waals surface area contributed by atoms with Crippen molar-refractivity contribution in [3.8, 4) is 5.75 Å². The topological polar surface area (TPSA) is 67.9 Å². The molecule has 174 valence electrons. The Morgan fingerprint density at radius 3 is 2.53 bits per heavy atom. The lowest BCUT2D eigenvalue weighted by molar-refractivity contribution is -0.117. The molecule has 1 heterocycles. The molecule has 0 atom stereocenters. The van der Waals surface area contributed by atoms with Gasteiger partial charge in [-0.15, -0.1) is 0 Å². The minimum Gasteiger partial charge on any atom is -0.449 e. The van der Waals surface area contributed by atoms with Crippen molar-refractivity contribution in [1.29, 1.82) is 0 Å². The SMILES string of the molecule is COCCCNC(=O)c1ccc(C=C2Oc3ccccc3N(Cc3ccc(Cl)cc3)C2=O)cc1. The number of halogens is 1. The Labute approximate surface area is 203 Å². The van der Waals surface area contributed by atoms with Crippen molar-refractivity contribution in [2.24, 2.45) is 0 Å². The van der Waals surface area contributed by atoms with Gasteiger partial charge in [0.1, 0.15) is 0 Å². The second-order valence-electron chi connectivity index (χ2n) is 7.82. The van der Waals surface area contributed by atoms with Crippen LogP contribution in [0.2, 0.25) is 5.02 Å². The number of fused-ring (bicyclic) bond motifs is 1. The Bertz CT molecular complexity index is 1190. The molecule has 4 rings (SSSR count). The molecule has 0 aromatic heterocycles. The number of hydrogen-bond acceptors (Lipinski definition) is 4. The Morgan fingerprint density at radius 1 is 1.06 bits per heavy atom. The molecule has 6 nitrogen and oxygen atoms in total. The number of carbonyl (C=O) groups is 2. The van der Waals surface area contributed by atoms with Gasteiger partial charge in [0.25, 0.3) is 11.8 Å². The fourth-order valence-electron chi connectivity index (χ4n) is 3.59. The zero-order valence-corrected chi connectivity index (χ0v) is 19.5. The summed E-state index contributed by atoms with van der Waals surface area (Å²) in [5, 5.41) is 3.50. The van der Waals surface area contributed by atoms with Gasteiger partial charge in [0.05, 0.1) is 12.2 Å². The molecular weight excluding hydrogens is 452 g/mol. The van der Waals surface area contributed by atoms with E-state index in [0.717, 1.165) is 17.5 Å². The van der Waals surface area contributed by atoms with Crippen LogP contribution in [0.25, 0.3) is 6.08 Å². The summed E-state index contributed by atoms with van der Waals surface area (Å²) < 4.78 is 10.9. The molecule has 0 spiro atoms. The second-order valence-corrected chi connectivity index (χ2v) is 8.26. The van der Waals surface area contributed by atoms with Gasteiger partial charge in [0, 0.05) is 30.8 Å². The van der Waals surface area contributed by atoms with E-state index < -0.39 is 0 Å². The van der Waals surface area contributed by atoms with Crippen molar-refractivity contribution in [2.45, 2.75) is 13.0 Å². The van der Waals surface area contributed by atoms with Crippen molar-refractivity contribution < 1.29 is 19.1 Å². The van der Waals surface area contributed by atoms with E-state index in [4.69, 9.17) is 21.1 Å². The van der Waals surface area contributed by atoms with E-state index >= 15 is 0 Å². The third-order valence-electron chi connectivity index (χ3n) is 5.37. The summed E-state index contributed by atoms with van der Waals surface area (Å²) in [5.74, 6) is 0.427. The minimum atomic E-state index is -0.242. The highest BCUT2D eigenvalue weighted by molar-refractivity contribution is 6.30. The molecule has 0 saturated heterocycles. The molecule has 7 heteroatoms. The van der Waals surface area contributed by atoms with E-state index in [1.54, 1.807) is 54.5 Å². The first-order valence-electron chi connectivity index (χ1n) is 11.0. The molecule has 0 radical (unpaired) electrons. The van der Waals surface area contributed by atoms with Crippen LogP contribution in [0.3, 0.4) is 0 Å². The molecule has 0 aliphatic carbocycles. The number of amides is 2. The van der Waals surface area contributed by atoms with Gasteiger partial charge in [-0.25, -0.2) is 0 Å². The molecule has 1 N–H and O–H groups in total. The second kappa shape index (κ2) is 11.0. The first-order chi connectivity index (χ1) is 16.5. The van der Waals surface area contributed by atoms with Crippen LogP contribution >= 0.6 is 11.6 Å². The molecule has 0 saturated carbocycles. The van der Waals surface area contributed by atoms with E-state index in [2.05, 4.69) is 5.32 Å². The fourth-order valence-corrected chi connectivity index (χ4v) is 3.72. The van der Waals surface area contributed by atoms with Gasteiger partial charge in [0.15, 0.2) is 11.5 Å². The first kappa shape index (κ1) is 23.5. The maximum Gasteiger partial charge on any atom is 0.294 e. The number of nitrogens with one attached hydrogen (secondary N) is 1. The number of benzene rings is 3. The lowest BCUT2D eigenvalue weighted by Gasteiger charge is -2.30. The Hall–Kier alpha value is -3.61. The summed E-state index contributed by atoms with van der Waals surface area (Å²) in [7, 11) is 1.63. The van der Waals surface area contributed by atoms with E-state index in [1.165, 1.54) is 0 Å². The maximum absolute atomic E-state index is 13.3. The van der Waals surface area contributed by atoms with Gasteiger partial charge in [0.2, 0.25) is 0 Å². The van der Waals surface area contributed by atoms with Crippen LogP contribution in [0.5, 0.6) is 5.75 Å². The average Bonchev–Trinajstić information content (AvgIpc) is 2.86. The molecule has 3 aromatic rings. The van der Waals surface area contributed by atoms with Gasteiger partial charge >= 0.3 is 0 Å². The van der Waals surface area contributed by atoms with E-state index in [-0.39, 0.29) is 17.6 Å². The van der Waals surface area contributed by atoms with Crippen molar-refractivity contribution >= 4 is 35.2 Å². The van der Waals surface area contributed by atoms with Crippen LogP contribution in [0.4, 0.5) is 5.69 Å². The summed E-state index contributed by atoms with van der Waals surface area (Å²) >= 11 is 6.01. The molecule has 0 unspecified atom stereocenters. The van der Waals surface area contributed by atoms with Gasteiger partial charge in [-0.3, -0.25) is 14.5 Å². The summed E-state index contributed by atoms with van der Waals surface area (Å²) in [6.45, 7) is 1.53. The summed E-state index contributed by atoms with van der Waals surface area (Å²) in [4.78, 5) is 27.3. The largest absolute Gasteiger partial charge is 0.449 e. The summed E-state index contributed by atoms with van der Waals surface area (Å²) in [6.07, 6.45) is 2.44. The zero-order valence-electron chi connectivity index (χ0n) is 18.8. The number of carbonyl (C=O) groups excluding carboxylic acids is 2. The van der Waals surface area contributed by atoms with E-state index in [1.807, 2.05) is 36.4 Å². The fraction of sp³-hybridized carbons (Fsp3) is 0.185. The molecule has 0 fully saturated rings. The Kier molecular flexibility index (Phi) is 7.62. The van der Waals surface area contributed by atoms with Crippen LogP contribution in [0, 0.1) is 0 Å². The molecule has 1 aliphatic rings. The molecule has 0 bridgehead atoms. The number of ether oxygens (including phenoxy) is 2. The molecule has 3 aromatic carbocycles. The number of para-hydroxylation sites is 2. The summed E-state index contributed by atoms with van der Waals surface area (Å²) in [5.41, 5.74) is 2.96. The Morgan fingerprint density at radius 2 is 1.79 bits per heavy atom. The molecule has 2 amide bonds. The highest BCUT2D eigenvalue weighted by Gasteiger charge is 2.30. The normalized spacial score (nSPS) is 14.0. The van der Waals surface area contributed by atoms with Crippen LogP contribution in [0.1, 0.15) is 27.9 Å². The van der Waals surface area contributed by atoms with Gasteiger partial charge < -0.3 is 14.8 Å². The predicted octanol–water partition coefficient (Wildman–Crippen LogP) is 5.07. The first-order valence-corrected chi connectivity index (χ1v) is 11.3. The van der Waals surface area contributed by atoms with E-state index in [0.29, 0.717) is 41.7 Å². The molecular formula is C27H25ClN2O4. The average molecular weight is 477 g/mol. The highest BCUT2D eigenvalue weighted by atomic mass is 35.5. The maximum atomic E-state index is 13.3. The molecule has 34 heavy (non-hydrogen) atoms. The predicted molar refractivity (Wildman–Crippen MR) is 133 cm³/mol. The lowest BCUT2D eigenvalue weighted by atomic mass is 10.1. The summed E-state index contributed by atoms with van der Waals surface area (Å²) in [6, 6.07) is 21.9. The van der Waals surface area contributed by atoms with Crippen molar-refractivity contribution in [3.63, 3.8) is 0 Å². The van der Waals surface area contributed by atoms with E-state index in [9.17, 15) is 9.59 Å². The standard InChI is InChI=1S/C27H25ClN2O4/c1-33-16-4-15-29-26(31)21-11-7-19(8-12-21)17-25-27(32)30(18-20-9-13-22(28)14-10-20)23-5-2-3-6-24(23)34-25/h2-3,5-14,17H,4,15-16,18H2,1H3,(H,29,31). The van der Waals surface area contributed by atoms with Gasteiger partial charge in [-0.1, -0.05) is 48.0 Å². The van der Waals surface area contributed by atoms with Gasteiger partial charge in [-0.05, 0) is 60.0 Å². The van der Waals surface area contributed by atoms with Crippen molar-refractivity contribution in [3.05, 3.63) is 100 Å². The van der Waals surface area contributed by atoms with Crippen molar-refractivity contribution in [1.82, 2.24) is 5.32 Å². The van der Waals surface area contributed by atoms with Crippen LogP contribution in [-0.4, -0.2) is 32.1 Å². The zero-order chi connectivity index (χ0) is 23.9. The number of rotatable bonds is 8. The minimum absolute atomic E-state index is 0.150. The van der Waals surface area contributed by atoms with Gasteiger partial charge in [-0.2, -0.15) is 0 Å². The third-order valence-corrected chi connectivity index (χ3v) is 5.62. The lowest BCUT2D eigenvalue weighted by Crippen LogP contribution is -2.36. The number of hydrogen-bond donors (Lipinski definition) is 1.